The minimum atomic E-state index is -0.675. The van der Waals surface area contributed by atoms with E-state index >= 15 is 4.39 Å². The molecule has 47 heavy (non-hydrogen) atoms. The number of carboxylic acids is 1. The van der Waals surface area contributed by atoms with Gasteiger partial charge < -0.3 is 20.2 Å². The SMILES string of the molecule is CC[C@H](C1CCC(C(=O)O)CC1)N(C)c1nc2c(c(N[C@H](CN3CCC[C@H](C)C3)c3cn(C)nc3F)n1)C[C@H](c1ccccc1)CC2. The van der Waals surface area contributed by atoms with Crippen LogP contribution in [0.3, 0.4) is 0 Å². The fourth-order valence-corrected chi connectivity index (χ4v) is 8.52. The van der Waals surface area contributed by atoms with E-state index in [1.54, 1.807) is 17.9 Å². The first-order chi connectivity index (χ1) is 22.7. The average molecular weight is 646 g/mol. The molecule has 6 rings (SSSR count). The minimum absolute atomic E-state index is 0.206. The molecule has 0 bridgehead atoms. The van der Waals surface area contributed by atoms with Crippen molar-refractivity contribution in [3.8, 4) is 0 Å². The Morgan fingerprint density at radius 3 is 2.55 bits per heavy atom. The molecule has 2 N–H and O–H groups in total. The molecule has 0 radical (unpaired) electrons. The summed E-state index contributed by atoms with van der Waals surface area (Å²) in [4.78, 5) is 26.8. The van der Waals surface area contributed by atoms with Gasteiger partial charge in [-0.2, -0.15) is 9.37 Å². The van der Waals surface area contributed by atoms with E-state index in [-0.39, 0.29) is 18.0 Å². The number of piperidine rings is 1. The average Bonchev–Trinajstić information content (AvgIpc) is 3.42. The van der Waals surface area contributed by atoms with Crippen molar-refractivity contribution in [2.45, 2.75) is 96.1 Å². The van der Waals surface area contributed by atoms with E-state index in [0.29, 0.717) is 35.8 Å². The Balaban J connectivity index is 1.35. The molecule has 0 spiro atoms. The lowest BCUT2D eigenvalue weighted by Crippen LogP contribution is -2.41. The highest BCUT2D eigenvalue weighted by Crippen LogP contribution is 2.39. The van der Waals surface area contributed by atoms with Gasteiger partial charge in [0.25, 0.3) is 0 Å². The molecule has 9 nitrogen and oxygen atoms in total. The number of nitrogens with zero attached hydrogens (tertiary/aromatic N) is 6. The van der Waals surface area contributed by atoms with Crippen LogP contribution in [-0.2, 0) is 24.7 Å². The summed E-state index contributed by atoms with van der Waals surface area (Å²) >= 11 is 0. The quantitative estimate of drug-likeness (QED) is 0.240. The summed E-state index contributed by atoms with van der Waals surface area (Å²) in [6.07, 6.45) is 11.0. The summed E-state index contributed by atoms with van der Waals surface area (Å²) in [5.74, 6) is 1.48. The summed E-state index contributed by atoms with van der Waals surface area (Å²) in [5, 5.41) is 17.4. The highest BCUT2D eigenvalue weighted by molar-refractivity contribution is 5.70. The maximum atomic E-state index is 15.4. The fourth-order valence-electron chi connectivity index (χ4n) is 8.52. The molecular formula is C37H52FN7O2. The van der Waals surface area contributed by atoms with E-state index in [0.717, 1.165) is 88.0 Å². The normalized spacial score (nSPS) is 24.7. The van der Waals surface area contributed by atoms with E-state index < -0.39 is 11.9 Å². The molecule has 254 valence electrons. The van der Waals surface area contributed by atoms with E-state index in [1.807, 2.05) is 0 Å². The second-order valence-corrected chi connectivity index (χ2v) is 14.4. The summed E-state index contributed by atoms with van der Waals surface area (Å²) in [6.45, 7) is 7.16. The maximum Gasteiger partial charge on any atom is 0.306 e. The predicted octanol–water partition coefficient (Wildman–Crippen LogP) is 6.61. The van der Waals surface area contributed by atoms with Crippen LogP contribution in [-0.4, -0.2) is 68.4 Å². The van der Waals surface area contributed by atoms with Crippen molar-refractivity contribution in [1.29, 1.82) is 0 Å². The number of anilines is 2. The van der Waals surface area contributed by atoms with Gasteiger partial charge in [-0.25, -0.2) is 4.98 Å². The van der Waals surface area contributed by atoms with Crippen LogP contribution >= 0.6 is 0 Å². The van der Waals surface area contributed by atoms with Crippen molar-refractivity contribution in [2.75, 3.05) is 36.9 Å². The molecule has 2 fully saturated rings. The Morgan fingerprint density at radius 1 is 1.13 bits per heavy atom. The van der Waals surface area contributed by atoms with Gasteiger partial charge in [0, 0.05) is 45.0 Å². The third-order valence-corrected chi connectivity index (χ3v) is 11.1. The number of hydrogen-bond acceptors (Lipinski definition) is 7. The van der Waals surface area contributed by atoms with Crippen LogP contribution in [0.25, 0.3) is 0 Å². The van der Waals surface area contributed by atoms with Gasteiger partial charge in [0.1, 0.15) is 5.82 Å². The van der Waals surface area contributed by atoms with Gasteiger partial charge in [-0.3, -0.25) is 9.48 Å². The first-order valence-electron chi connectivity index (χ1n) is 17.8. The molecule has 10 heteroatoms. The third-order valence-electron chi connectivity index (χ3n) is 11.1. The molecular weight excluding hydrogens is 593 g/mol. The second-order valence-electron chi connectivity index (χ2n) is 14.4. The standard InChI is InChI=1S/C37H52FN7O2/c1-5-33(26-13-15-27(16-14-26)36(46)47)44(4)37-40-31-18-17-28(25-11-7-6-8-12-25)20-29(31)35(41-37)39-32(30-22-43(3)42-34(30)38)23-45-19-9-10-24(2)21-45/h6-8,11-12,22,24,26-28,32-33H,5,9-10,13-21,23H2,1-4H3,(H,46,47)(H,39,40,41)/t24-,26?,27?,28+,32+,33+/m0/s1. The van der Waals surface area contributed by atoms with Gasteiger partial charge in [-0.1, -0.05) is 44.2 Å². The number of aromatic nitrogens is 4. The Hall–Kier alpha value is -3.53. The third kappa shape index (κ3) is 7.63. The molecule has 3 aliphatic rings. The van der Waals surface area contributed by atoms with Crippen LogP contribution < -0.4 is 10.2 Å². The van der Waals surface area contributed by atoms with Gasteiger partial charge in [0.05, 0.1) is 23.2 Å². The van der Waals surface area contributed by atoms with Crippen molar-refractivity contribution in [1.82, 2.24) is 24.6 Å². The van der Waals surface area contributed by atoms with Gasteiger partial charge in [-0.05, 0) is 94.1 Å². The summed E-state index contributed by atoms with van der Waals surface area (Å²) in [6, 6.07) is 10.6. The highest BCUT2D eigenvalue weighted by Gasteiger charge is 2.34. The number of fused-ring (bicyclic) bond motifs is 1. The molecule has 2 aromatic heterocycles. The van der Waals surface area contributed by atoms with Crippen molar-refractivity contribution in [2.24, 2.45) is 24.8 Å². The molecule has 4 atom stereocenters. The smallest absolute Gasteiger partial charge is 0.306 e. The number of halogens is 1. The summed E-state index contributed by atoms with van der Waals surface area (Å²) in [7, 11) is 3.86. The Morgan fingerprint density at radius 2 is 1.89 bits per heavy atom. The topological polar surface area (TPSA) is 99.4 Å². The number of aryl methyl sites for hydroxylation is 2. The molecule has 0 amide bonds. The number of likely N-dealkylation sites (tertiary alicyclic amines) is 1. The Labute approximate surface area is 279 Å². The largest absolute Gasteiger partial charge is 0.481 e. The number of carbonyl (C=O) groups is 1. The Kier molecular flexibility index (Phi) is 10.4. The maximum absolute atomic E-state index is 15.4. The van der Waals surface area contributed by atoms with Crippen molar-refractivity contribution < 1.29 is 14.3 Å². The molecule has 1 saturated carbocycles. The lowest BCUT2D eigenvalue weighted by atomic mass is 9.77. The van der Waals surface area contributed by atoms with Crippen LogP contribution in [0.1, 0.15) is 99.6 Å². The van der Waals surface area contributed by atoms with Gasteiger partial charge in [-0.15, -0.1) is 5.10 Å². The van der Waals surface area contributed by atoms with Crippen LogP contribution in [0, 0.1) is 23.7 Å². The zero-order valence-electron chi connectivity index (χ0n) is 28.5. The van der Waals surface area contributed by atoms with E-state index in [4.69, 9.17) is 9.97 Å². The fraction of sp³-hybridized carbons (Fsp3) is 0.622. The summed E-state index contributed by atoms with van der Waals surface area (Å²) in [5.41, 5.74) is 4.08. The van der Waals surface area contributed by atoms with Crippen LogP contribution in [0.4, 0.5) is 16.2 Å². The molecule has 3 heterocycles. The number of benzene rings is 1. The van der Waals surface area contributed by atoms with Crippen molar-refractivity contribution in [3.63, 3.8) is 0 Å². The van der Waals surface area contributed by atoms with E-state index in [9.17, 15) is 9.90 Å². The summed E-state index contributed by atoms with van der Waals surface area (Å²) < 4.78 is 16.9. The number of nitrogens with one attached hydrogen (secondary N) is 1. The van der Waals surface area contributed by atoms with Crippen LogP contribution in [0.2, 0.25) is 0 Å². The van der Waals surface area contributed by atoms with Gasteiger partial charge >= 0.3 is 5.97 Å². The van der Waals surface area contributed by atoms with Crippen molar-refractivity contribution in [3.05, 3.63) is 64.9 Å². The Bertz CT molecular complexity index is 1510. The molecule has 3 aromatic rings. The molecule has 1 aromatic carbocycles. The number of rotatable bonds is 11. The lowest BCUT2D eigenvalue weighted by Gasteiger charge is -2.38. The predicted molar refractivity (Wildman–Crippen MR) is 183 cm³/mol. The molecule has 2 aliphatic carbocycles. The molecule has 1 aliphatic heterocycles. The van der Waals surface area contributed by atoms with Crippen LogP contribution in [0.5, 0.6) is 0 Å². The number of aliphatic carboxylic acids is 1. The second kappa shape index (κ2) is 14.7. The van der Waals surface area contributed by atoms with Gasteiger partial charge in [0.15, 0.2) is 0 Å². The van der Waals surface area contributed by atoms with Gasteiger partial charge in [0.2, 0.25) is 11.9 Å². The van der Waals surface area contributed by atoms with Crippen molar-refractivity contribution >= 4 is 17.7 Å². The van der Waals surface area contributed by atoms with E-state index in [2.05, 4.69) is 71.4 Å². The monoisotopic (exact) mass is 645 g/mol. The first-order valence-corrected chi connectivity index (χ1v) is 17.8. The lowest BCUT2D eigenvalue weighted by molar-refractivity contribution is -0.143. The first kappa shape index (κ1) is 33.4. The van der Waals surface area contributed by atoms with E-state index in [1.165, 1.54) is 12.0 Å². The van der Waals surface area contributed by atoms with Crippen LogP contribution in [0.15, 0.2) is 36.5 Å². The molecule has 1 saturated heterocycles. The highest BCUT2D eigenvalue weighted by atomic mass is 19.1. The number of hydrogen-bond donors (Lipinski definition) is 2. The zero-order chi connectivity index (χ0) is 33.1. The molecule has 0 unspecified atom stereocenters. The zero-order valence-corrected chi connectivity index (χ0v) is 28.5. The number of carboxylic acid groups (broad SMARTS) is 1. The minimum Gasteiger partial charge on any atom is -0.481 e.